The van der Waals surface area contributed by atoms with Gasteiger partial charge in [0, 0.05) is 12.6 Å². The lowest BCUT2D eigenvalue weighted by molar-refractivity contribution is -0.134. The molecule has 0 atom stereocenters. The fourth-order valence-electron chi connectivity index (χ4n) is 2.49. The first kappa shape index (κ1) is 15.1. The smallest absolute Gasteiger partial charge is 0.261 e. The second kappa shape index (κ2) is 6.97. The minimum Gasteiger partial charge on any atom is -0.482 e. The SMILES string of the molecule is N#Cc1ccccc1OCC(=O)N(Cc1ccccc1)C1CC1. The number of benzene rings is 2. The summed E-state index contributed by atoms with van der Waals surface area (Å²) < 4.78 is 5.57. The molecule has 0 aliphatic heterocycles. The maximum absolute atomic E-state index is 12.5. The van der Waals surface area contributed by atoms with Crippen LogP contribution in [0.2, 0.25) is 0 Å². The molecule has 2 aromatic carbocycles. The molecule has 0 spiro atoms. The topological polar surface area (TPSA) is 53.3 Å². The normalized spacial score (nSPS) is 13.2. The van der Waals surface area contributed by atoms with Crippen LogP contribution in [-0.2, 0) is 11.3 Å². The Morgan fingerprint density at radius 1 is 1.13 bits per heavy atom. The summed E-state index contributed by atoms with van der Waals surface area (Å²) in [4.78, 5) is 14.4. The number of carbonyl (C=O) groups is 1. The van der Waals surface area contributed by atoms with Gasteiger partial charge in [-0.15, -0.1) is 0 Å². The Morgan fingerprint density at radius 2 is 1.83 bits per heavy atom. The van der Waals surface area contributed by atoms with E-state index in [2.05, 4.69) is 6.07 Å². The fourth-order valence-corrected chi connectivity index (χ4v) is 2.49. The van der Waals surface area contributed by atoms with Crippen LogP contribution in [0.5, 0.6) is 5.75 Å². The van der Waals surface area contributed by atoms with Crippen molar-refractivity contribution in [3.8, 4) is 11.8 Å². The van der Waals surface area contributed by atoms with Gasteiger partial charge in [0.05, 0.1) is 5.56 Å². The summed E-state index contributed by atoms with van der Waals surface area (Å²) in [6.45, 7) is 0.565. The summed E-state index contributed by atoms with van der Waals surface area (Å²) in [5.41, 5.74) is 1.56. The van der Waals surface area contributed by atoms with Crippen molar-refractivity contribution in [1.29, 1.82) is 5.26 Å². The predicted molar refractivity (Wildman–Crippen MR) is 86.7 cm³/mol. The van der Waals surface area contributed by atoms with E-state index in [9.17, 15) is 4.79 Å². The molecule has 0 heterocycles. The van der Waals surface area contributed by atoms with Crippen molar-refractivity contribution in [2.45, 2.75) is 25.4 Å². The van der Waals surface area contributed by atoms with E-state index in [1.807, 2.05) is 35.2 Å². The van der Waals surface area contributed by atoms with Crippen LogP contribution in [0.1, 0.15) is 24.0 Å². The molecule has 23 heavy (non-hydrogen) atoms. The molecule has 1 saturated carbocycles. The van der Waals surface area contributed by atoms with Crippen LogP contribution >= 0.6 is 0 Å². The van der Waals surface area contributed by atoms with Crippen LogP contribution in [0.25, 0.3) is 0 Å². The molecule has 2 aromatic rings. The second-order valence-electron chi connectivity index (χ2n) is 5.64. The number of para-hydroxylation sites is 1. The Kier molecular flexibility index (Phi) is 4.58. The Balaban J connectivity index is 1.64. The van der Waals surface area contributed by atoms with Gasteiger partial charge in [0.1, 0.15) is 11.8 Å². The van der Waals surface area contributed by atoms with Gasteiger partial charge < -0.3 is 9.64 Å². The Bertz CT molecular complexity index is 718. The number of hydrogen-bond donors (Lipinski definition) is 0. The zero-order valence-electron chi connectivity index (χ0n) is 12.8. The number of nitriles is 1. The van der Waals surface area contributed by atoms with Crippen LogP contribution in [0.3, 0.4) is 0 Å². The van der Waals surface area contributed by atoms with E-state index in [1.54, 1.807) is 24.3 Å². The number of ether oxygens (including phenoxy) is 1. The zero-order chi connectivity index (χ0) is 16.1. The number of nitrogens with zero attached hydrogens (tertiary/aromatic N) is 2. The van der Waals surface area contributed by atoms with Crippen LogP contribution in [0, 0.1) is 11.3 Å². The second-order valence-corrected chi connectivity index (χ2v) is 5.64. The van der Waals surface area contributed by atoms with Crippen molar-refractivity contribution in [2.24, 2.45) is 0 Å². The third-order valence-corrected chi connectivity index (χ3v) is 3.86. The van der Waals surface area contributed by atoms with E-state index >= 15 is 0 Å². The standard InChI is InChI=1S/C19H18N2O2/c20-12-16-8-4-5-9-18(16)23-14-19(22)21(17-10-11-17)13-15-6-2-1-3-7-15/h1-9,17H,10-11,13-14H2. The summed E-state index contributed by atoms with van der Waals surface area (Å²) in [7, 11) is 0. The Hall–Kier alpha value is -2.80. The van der Waals surface area contributed by atoms with Crippen LogP contribution in [0.15, 0.2) is 54.6 Å². The molecule has 0 saturated heterocycles. The Labute approximate surface area is 135 Å². The monoisotopic (exact) mass is 306 g/mol. The van der Waals surface area contributed by atoms with Gasteiger partial charge in [-0.25, -0.2) is 0 Å². The highest BCUT2D eigenvalue weighted by Crippen LogP contribution is 2.28. The molecule has 3 rings (SSSR count). The third-order valence-electron chi connectivity index (χ3n) is 3.86. The minimum atomic E-state index is -0.0397. The molecule has 1 aliphatic rings. The highest BCUT2D eigenvalue weighted by Gasteiger charge is 2.32. The first-order valence-electron chi connectivity index (χ1n) is 7.73. The molecule has 4 heteroatoms. The molecule has 4 nitrogen and oxygen atoms in total. The van der Waals surface area contributed by atoms with Gasteiger partial charge in [-0.1, -0.05) is 42.5 Å². The molecule has 0 aromatic heterocycles. The lowest BCUT2D eigenvalue weighted by Crippen LogP contribution is -2.36. The van der Waals surface area contributed by atoms with E-state index in [0.29, 0.717) is 23.9 Å². The quantitative estimate of drug-likeness (QED) is 0.824. The van der Waals surface area contributed by atoms with E-state index in [1.165, 1.54) is 0 Å². The van der Waals surface area contributed by atoms with Gasteiger partial charge in [0.15, 0.2) is 6.61 Å². The maximum atomic E-state index is 12.5. The van der Waals surface area contributed by atoms with Crippen molar-refractivity contribution >= 4 is 5.91 Å². The van der Waals surface area contributed by atoms with E-state index < -0.39 is 0 Å². The van der Waals surface area contributed by atoms with E-state index in [4.69, 9.17) is 10.00 Å². The van der Waals surface area contributed by atoms with Crippen molar-refractivity contribution in [3.05, 3.63) is 65.7 Å². The van der Waals surface area contributed by atoms with Crippen LogP contribution in [-0.4, -0.2) is 23.5 Å². The number of carbonyl (C=O) groups excluding carboxylic acids is 1. The predicted octanol–water partition coefficient (Wildman–Crippen LogP) is 3.13. The van der Waals surface area contributed by atoms with E-state index in [0.717, 1.165) is 18.4 Å². The molecule has 0 N–H and O–H groups in total. The molecule has 1 amide bonds. The minimum absolute atomic E-state index is 0.0379. The molecule has 1 aliphatic carbocycles. The summed E-state index contributed by atoms with van der Waals surface area (Å²) in [5, 5.41) is 9.06. The van der Waals surface area contributed by atoms with Crippen LogP contribution in [0.4, 0.5) is 0 Å². The van der Waals surface area contributed by atoms with Gasteiger partial charge in [0.2, 0.25) is 0 Å². The number of rotatable bonds is 6. The highest BCUT2D eigenvalue weighted by atomic mass is 16.5. The van der Waals surface area contributed by atoms with Crippen LogP contribution < -0.4 is 4.74 Å². The number of amides is 1. The first-order chi connectivity index (χ1) is 11.3. The lowest BCUT2D eigenvalue weighted by atomic mass is 10.2. The van der Waals surface area contributed by atoms with Gasteiger partial charge in [0.25, 0.3) is 5.91 Å². The summed E-state index contributed by atoms with van der Waals surface area (Å²) in [6.07, 6.45) is 2.10. The number of hydrogen-bond acceptors (Lipinski definition) is 3. The van der Waals surface area contributed by atoms with Crippen molar-refractivity contribution < 1.29 is 9.53 Å². The molecule has 116 valence electrons. The average Bonchev–Trinajstić information content (AvgIpc) is 3.43. The van der Waals surface area contributed by atoms with Gasteiger partial charge in [-0.2, -0.15) is 5.26 Å². The molecular formula is C19H18N2O2. The summed E-state index contributed by atoms with van der Waals surface area (Å²) in [5.74, 6) is 0.419. The van der Waals surface area contributed by atoms with Gasteiger partial charge >= 0.3 is 0 Å². The molecule has 0 unspecified atom stereocenters. The summed E-state index contributed by atoms with van der Waals surface area (Å²) >= 11 is 0. The van der Waals surface area contributed by atoms with Gasteiger partial charge in [-0.3, -0.25) is 4.79 Å². The maximum Gasteiger partial charge on any atom is 0.261 e. The molecule has 0 radical (unpaired) electrons. The largest absolute Gasteiger partial charge is 0.482 e. The van der Waals surface area contributed by atoms with Crippen molar-refractivity contribution in [1.82, 2.24) is 4.90 Å². The third kappa shape index (κ3) is 3.89. The fraction of sp³-hybridized carbons (Fsp3) is 0.263. The zero-order valence-corrected chi connectivity index (χ0v) is 12.8. The summed E-state index contributed by atoms with van der Waals surface area (Å²) in [6, 6.07) is 19.3. The van der Waals surface area contributed by atoms with Gasteiger partial charge in [-0.05, 0) is 30.5 Å². The van der Waals surface area contributed by atoms with Crippen molar-refractivity contribution in [2.75, 3.05) is 6.61 Å². The highest BCUT2D eigenvalue weighted by molar-refractivity contribution is 5.78. The first-order valence-corrected chi connectivity index (χ1v) is 7.73. The Morgan fingerprint density at radius 3 is 2.52 bits per heavy atom. The van der Waals surface area contributed by atoms with E-state index in [-0.39, 0.29) is 12.5 Å². The molecular weight excluding hydrogens is 288 g/mol. The molecule has 0 bridgehead atoms. The van der Waals surface area contributed by atoms with Crippen molar-refractivity contribution in [3.63, 3.8) is 0 Å². The molecule has 1 fully saturated rings. The lowest BCUT2D eigenvalue weighted by Gasteiger charge is -2.22. The average molecular weight is 306 g/mol.